The predicted octanol–water partition coefficient (Wildman–Crippen LogP) is 8.29. The summed E-state index contributed by atoms with van der Waals surface area (Å²) in [4.78, 5) is 55.5. The van der Waals surface area contributed by atoms with Crippen molar-refractivity contribution < 1.29 is 94.9 Å². The number of carbonyl (C=O) groups is 4. The Morgan fingerprint density at radius 3 is 2.06 bits per heavy atom. The van der Waals surface area contributed by atoms with Crippen molar-refractivity contribution in [2.24, 2.45) is 5.92 Å². The summed E-state index contributed by atoms with van der Waals surface area (Å²) in [6, 6.07) is 4.27. The van der Waals surface area contributed by atoms with Crippen LogP contribution in [0.3, 0.4) is 0 Å². The third-order valence-electron chi connectivity index (χ3n) is 12.6. The fraction of sp³-hybridized carbons (Fsp3) is 0.426. The highest BCUT2D eigenvalue weighted by Gasteiger charge is 2.68. The molecule has 2 aliphatic carbocycles. The number of pyridine rings is 1. The number of anilines is 1. The molecular formula is C47H42ClF10N7O11S2. The average Bonchev–Trinajstić information content (AvgIpc) is 3.94. The number of nitrogens with one attached hydrogen (secondary N) is 1. The molecular weight excluding hydrogens is 1130 g/mol. The van der Waals surface area contributed by atoms with Gasteiger partial charge in [-0.05, 0) is 87.3 Å². The first-order valence-corrected chi connectivity index (χ1v) is 26.9. The molecule has 7 rings (SSSR count). The van der Waals surface area contributed by atoms with Crippen molar-refractivity contribution in [1.29, 1.82) is 0 Å². The van der Waals surface area contributed by atoms with Crippen LogP contribution in [-0.2, 0) is 70.6 Å². The molecule has 2 amide bonds. The van der Waals surface area contributed by atoms with Crippen LogP contribution >= 0.6 is 11.6 Å². The number of carboxylic acids is 2. The molecule has 3 N–H and O–H groups in total. The van der Waals surface area contributed by atoms with E-state index in [0.29, 0.717) is 12.3 Å². The van der Waals surface area contributed by atoms with Gasteiger partial charge in [-0.25, -0.2) is 35.4 Å². The molecule has 0 aliphatic heterocycles. The predicted molar refractivity (Wildman–Crippen MR) is 254 cm³/mol. The number of benzene rings is 2. The minimum absolute atomic E-state index is 0.145. The molecule has 1 saturated carbocycles. The van der Waals surface area contributed by atoms with E-state index in [4.69, 9.17) is 16.3 Å². The highest BCUT2D eigenvalue weighted by molar-refractivity contribution is 7.93. The molecule has 31 heteroatoms. The normalized spacial score (nSPS) is 16.5. The molecule has 3 heterocycles. The number of halogens is 11. The number of fused-ring (bicyclic) bond motifs is 4. The Kier molecular flexibility index (Phi) is 15.8. The van der Waals surface area contributed by atoms with E-state index in [9.17, 15) is 81.4 Å². The number of carbonyl (C=O) groups excluding carboxylic acids is 2. The second-order valence-electron chi connectivity index (χ2n) is 18.9. The Labute approximate surface area is 440 Å². The van der Waals surface area contributed by atoms with Gasteiger partial charge in [-0.1, -0.05) is 23.6 Å². The van der Waals surface area contributed by atoms with E-state index in [1.54, 1.807) is 0 Å². The number of amides is 2. The zero-order valence-corrected chi connectivity index (χ0v) is 43.1. The van der Waals surface area contributed by atoms with Gasteiger partial charge in [0, 0.05) is 47.8 Å². The highest BCUT2D eigenvalue weighted by Crippen LogP contribution is 2.68. The van der Waals surface area contributed by atoms with E-state index < -0.39 is 203 Å². The lowest BCUT2D eigenvalue weighted by molar-refractivity contribution is -0.143. The van der Waals surface area contributed by atoms with Crippen LogP contribution in [-0.4, -0.2) is 105 Å². The monoisotopic (exact) mass is 1170 g/mol. The largest absolute Gasteiger partial charge is 0.481 e. The second kappa shape index (κ2) is 21.0. The Hall–Kier alpha value is -7.00. The van der Waals surface area contributed by atoms with Crippen molar-refractivity contribution in [2.45, 2.75) is 107 Å². The molecule has 1 unspecified atom stereocenters. The molecule has 2 aliphatic rings. The maximum Gasteiger partial charge on any atom is 0.435 e. The number of hydrogen-bond donors (Lipinski definition) is 3. The summed E-state index contributed by atoms with van der Waals surface area (Å²) in [6.07, 6.45) is -16.5. The molecule has 1 fully saturated rings. The van der Waals surface area contributed by atoms with Gasteiger partial charge in [0.25, 0.3) is 5.92 Å². The third-order valence-corrected chi connectivity index (χ3v) is 15.9. The SMILES string of the molecule is CC(C)(C#Cc1ccc(-c2ccc(Cl)c3c(N(C(=O)OC(CCC(=O)O)CCC(=O)O)S(C)(=O)=O)nn(CC(F)(F)F)c23)c(C(Cc2cc(F)cc(F)c2)NC(=O)Cn2nc(C(F)(F)F)c3c2C(F)(F)[C@@H]2C[C@H]32)n1)S(C)(=O)=O. The zero-order chi connectivity index (χ0) is 58.0. The topological polar surface area (TPSA) is 250 Å². The van der Waals surface area contributed by atoms with Crippen LogP contribution in [0.25, 0.3) is 22.0 Å². The van der Waals surface area contributed by atoms with Gasteiger partial charge in [-0.3, -0.25) is 23.7 Å². The maximum atomic E-state index is 15.6. The van der Waals surface area contributed by atoms with Gasteiger partial charge in [-0.15, -0.1) is 0 Å². The van der Waals surface area contributed by atoms with Crippen LogP contribution in [0.1, 0.15) is 91.8 Å². The lowest BCUT2D eigenvalue weighted by Crippen LogP contribution is -2.39. The Balaban J connectivity index is 1.47. The number of nitrogens with zero attached hydrogens (tertiary/aromatic N) is 6. The number of hydrogen-bond acceptors (Lipinski definition) is 12. The molecule has 78 heavy (non-hydrogen) atoms. The first kappa shape index (κ1) is 58.7. The van der Waals surface area contributed by atoms with Crippen molar-refractivity contribution in [1.82, 2.24) is 29.9 Å². The number of carboxylic acid groups (broad SMARTS) is 2. The third kappa shape index (κ3) is 12.6. The Morgan fingerprint density at radius 1 is 0.910 bits per heavy atom. The van der Waals surface area contributed by atoms with Gasteiger partial charge in [0.2, 0.25) is 15.9 Å². The molecule has 2 aromatic carbocycles. The fourth-order valence-corrected chi connectivity index (χ4v) is 10.0. The van der Waals surface area contributed by atoms with E-state index in [1.165, 1.54) is 13.8 Å². The van der Waals surface area contributed by atoms with Gasteiger partial charge in [0.1, 0.15) is 47.0 Å². The molecule has 3 aromatic heterocycles. The Bertz CT molecular complexity index is 3540. The lowest BCUT2D eigenvalue weighted by Gasteiger charge is -2.23. The van der Waals surface area contributed by atoms with Gasteiger partial charge in [0.15, 0.2) is 21.3 Å². The molecule has 3 atom stereocenters. The van der Waals surface area contributed by atoms with Crippen LogP contribution < -0.4 is 9.62 Å². The number of sulfone groups is 1. The van der Waals surface area contributed by atoms with Crippen LogP contribution in [0.5, 0.6) is 0 Å². The van der Waals surface area contributed by atoms with Crippen LogP contribution in [0, 0.1) is 29.4 Å². The maximum absolute atomic E-state index is 15.6. The van der Waals surface area contributed by atoms with E-state index in [1.807, 2.05) is 0 Å². The summed E-state index contributed by atoms with van der Waals surface area (Å²) in [5, 5.41) is 26.8. The van der Waals surface area contributed by atoms with Gasteiger partial charge in [0.05, 0.1) is 33.9 Å². The first-order valence-electron chi connectivity index (χ1n) is 22.8. The van der Waals surface area contributed by atoms with E-state index >= 15 is 8.78 Å². The average molecular weight is 1170 g/mol. The number of ether oxygens (including phenoxy) is 1. The molecule has 5 aromatic rings. The Morgan fingerprint density at radius 2 is 1.51 bits per heavy atom. The zero-order valence-electron chi connectivity index (χ0n) is 40.7. The van der Waals surface area contributed by atoms with Crippen LogP contribution in [0.4, 0.5) is 54.5 Å². The highest BCUT2D eigenvalue weighted by atomic mass is 35.5. The lowest BCUT2D eigenvalue weighted by atomic mass is 9.93. The summed E-state index contributed by atoms with van der Waals surface area (Å²) in [5.41, 5.74) is -6.53. The molecule has 420 valence electrons. The van der Waals surface area contributed by atoms with Gasteiger partial charge >= 0.3 is 30.4 Å². The molecule has 0 radical (unpaired) electrons. The molecule has 18 nitrogen and oxygen atoms in total. The number of sulfonamides is 1. The van der Waals surface area contributed by atoms with Crippen LogP contribution in [0.2, 0.25) is 5.02 Å². The number of aromatic nitrogens is 5. The second-order valence-corrected chi connectivity index (χ2v) is 23.7. The van der Waals surface area contributed by atoms with E-state index in [0.717, 1.165) is 42.7 Å². The van der Waals surface area contributed by atoms with Crippen molar-refractivity contribution in [3.05, 3.63) is 93.0 Å². The first-order chi connectivity index (χ1) is 35.9. The fourth-order valence-electron chi connectivity index (χ4n) is 8.80. The van der Waals surface area contributed by atoms with Crippen molar-refractivity contribution >= 4 is 72.1 Å². The summed E-state index contributed by atoms with van der Waals surface area (Å²) >= 11 is 6.63. The molecule has 0 bridgehead atoms. The summed E-state index contributed by atoms with van der Waals surface area (Å²) in [6.45, 7) is -1.04. The summed E-state index contributed by atoms with van der Waals surface area (Å²) < 4.78 is 204. The molecule has 0 saturated heterocycles. The van der Waals surface area contributed by atoms with Crippen molar-refractivity contribution in [2.75, 3.05) is 16.8 Å². The van der Waals surface area contributed by atoms with Gasteiger partial charge < -0.3 is 20.3 Å². The quantitative estimate of drug-likeness (QED) is 0.0552. The number of alkyl halides is 8. The minimum Gasteiger partial charge on any atom is -0.481 e. The standard InChI is InChI=1S/C47H42ClF10N7O11S2/c1-44(2,77(3,72)73)14-13-25-5-8-27(28-9-10-31(48)37-39(28)64(21-45(51,52)53)62-42(37)65(78(4,74)75)43(71)76-26(6-11-34(67)68)7-12-35(69)70)38(59-25)32(17-22-15-23(49)18-24(50)16-22)60-33(66)20-63-41-36(40(61-63)47(56,57)58)29-19-30(29)46(41,54)55/h5,8-10,15-16,18,26,29-30,32H,6-7,11-12,17,19-21H2,1-4H3,(H,60,66)(H,67,68)(H,69,70)/t29-,30+,32?/m0/s1. The van der Waals surface area contributed by atoms with Crippen LogP contribution in [0.15, 0.2) is 42.5 Å². The van der Waals surface area contributed by atoms with E-state index in [-0.39, 0.29) is 31.3 Å². The smallest absolute Gasteiger partial charge is 0.435 e. The number of aliphatic carboxylic acids is 2. The van der Waals surface area contributed by atoms with Gasteiger partial charge in [-0.2, -0.15) is 49.6 Å². The summed E-state index contributed by atoms with van der Waals surface area (Å²) in [5.74, 6) is -9.44. The minimum atomic E-state index is -5.26. The van der Waals surface area contributed by atoms with E-state index in [2.05, 4.69) is 32.3 Å². The van der Waals surface area contributed by atoms with Crippen molar-refractivity contribution in [3.8, 4) is 23.0 Å². The van der Waals surface area contributed by atoms with Crippen molar-refractivity contribution in [3.63, 3.8) is 0 Å². The summed E-state index contributed by atoms with van der Waals surface area (Å²) in [7, 11) is -9.04. The number of rotatable bonds is 18. The molecule has 0 spiro atoms.